The largest absolute Gasteiger partial charge is 0.493 e. The summed E-state index contributed by atoms with van der Waals surface area (Å²) in [5, 5.41) is 4.47. The van der Waals surface area contributed by atoms with E-state index in [1.807, 2.05) is 19.2 Å². The first-order chi connectivity index (χ1) is 18.8. The first-order valence-electron chi connectivity index (χ1n) is 12.8. The number of nitrogens with one attached hydrogen (secondary N) is 1. The fraction of sp³-hybridized carbons (Fsp3) is 0.267. The number of hydrogen-bond acceptors (Lipinski definition) is 6. The van der Waals surface area contributed by atoms with Gasteiger partial charge in [-0.15, -0.1) is 0 Å². The minimum absolute atomic E-state index is 0.0649. The molecule has 1 N–H and O–H groups in total. The first kappa shape index (κ1) is 26.9. The molecule has 7 nitrogen and oxygen atoms in total. The molecule has 202 valence electrons. The average molecular weight is 566 g/mol. The van der Waals surface area contributed by atoms with E-state index in [1.165, 1.54) is 4.90 Å². The van der Waals surface area contributed by atoms with Gasteiger partial charge in [-0.3, -0.25) is 14.5 Å². The fourth-order valence-corrected chi connectivity index (χ4v) is 5.28. The van der Waals surface area contributed by atoms with Crippen LogP contribution in [0.1, 0.15) is 46.0 Å². The van der Waals surface area contributed by atoms with Gasteiger partial charge >= 0.3 is 0 Å². The molecule has 39 heavy (non-hydrogen) atoms. The van der Waals surface area contributed by atoms with Crippen LogP contribution in [0.15, 0.2) is 54.6 Å². The Hall–Kier alpha value is -3.68. The van der Waals surface area contributed by atoms with Crippen LogP contribution in [0.4, 0.5) is 11.4 Å². The number of rotatable bonds is 9. The molecule has 2 aliphatic rings. The molecule has 9 heteroatoms. The highest BCUT2D eigenvalue weighted by Gasteiger charge is 2.34. The number of likely N-dealkylation sites (N-methyl/N-ethyl adjacent to an activating group) is 1. The van der Waals surface area contributed by atoms with Crippen molar-refractivity contribution in [2.24, 2.45) is 0 Å². The highest BCUT2D eigenvalue weighted by molar-refractivity contribution is 6.42. The summed E-state index contributed by atoms with van der Waals surface area (Å²) in [7, 11) is 3.63. The molecular formula is C30H29Cl2N3O4. The number of carbonyl (C=O) groups excluding carboxylic acids is 2. The highest BCUT2D eigenvalue weighted by Crippen LogP contribution is 2.47. The molecule has 5 rings (SSSR count). The second-order valence-electron chi connectivity index (χ2n) is 9.67. The van der Waals surface area contributed by atoms with E-state index in [1.54, 1.807) is 49.6 Å². The quantitative estimate of drug-likeness (QED) is 0.278. The number of carbonyl (C=O) groups is 2. The molecule has 2 heterocycles. The van der Waals surface area contributed by atoms with Crippen molar-refractivity contribution >= 4 is 52.5 Å². The smallest absolute Gasteiger partial charge is 0.261 e. The number of nitrogens with zero attached hydrogens (tertiary/aromatic N) is 2. The molecule has 0 bridgehead atoms. The van der Waals surface area contributed by atoms with Gasteiger partial charge in [0.15, 0.2) is 11.5 Å². The molecule has 0 radical (unpaired) electrons. The number of ether oxygens (including phenoxy) is 2. The summed E-state index contributed by atoms with van der Waals surface area (Å²) in [5.74, 6) is 1.26. The number of hydrogen-bond donors (Lipinski definition) is 1. The van der Waals surface area contributed by atoms with Gasteiger partial charge < -0.3 is 19.7 Å². The Morgan fingerprint density at radius 2 is 1.74 bits per heavy atom. The van der Waals surface area contributed by atoms with Gasteiger partial charge in [0.05, 0.1) is 39.7 Å². The third-order valence-electron chi connectivity index (χ3n) is 6.93. The van der Waals surface area contributed by atoms with Crippen molar-refractivity contribution in [3.8, 4) is 17.2 Å². The van der Waals surface area contributed by atoms with Crippen molar-refractivity contribution < 1.29 is 19.1 Å². The Bertz CT molecular complexity index is 1440. The Labute approximate surface area is 237 Å². The predicted octanol–water partition coefficient (Wildman–Crippen LogP) is 7.13. The van der Waals surface area contributed by atoms with E-state index in [0.717, 1.165) is 29.9 Å². The van der Waals surface area contributed by atoms with Gasteiger partial charge in [0.25, 0.3) is 11.8 Å². The van der Waals surface area contributed by atoms with E-state index in [4.69, 9.17) is 32.7 Å². The zero-order chi connectivity index (χ0) is 27.7. The van der Waals surface area contributed by atoms with Crippen LogP contribution < -0.4 is 19.7 Å². The normalized spacial score (nSPS) is 14.8. The average Bonchev–Trinajstić information content (AvgIpc) is 3.16. The van der Waals surface area contributed by atoms with Gasteiger partial charge in [-0.2, -0.15) is 0 Å². The molecule has 0 saturated carbocycles. The molecule has 0 aliphatic carbocycles. The predicted molar refractivity (Wildman–Crippen MR) is 156 cm³/mol. The van der Waals surface area contributed by atoms with Gasteiger partial charge in [0.2, 0.25) is 0 Å². The lowest BCUT2D eigenvalue weighted by molar-refractivity contribution is 0.0651. The summed E-state index contributed by atoms with van der Waals surface area (Å²) < 4.78 is 12.0. The van der Waals surface area contributed by atoms with Gasteiger partial charge in [-0.25, -0.2) is 0 Å². The van der Waals surface area contributed by atoms with Gasteiger partial charge in [0, 0.05) is 43.9 Å². The van der Waals surface area contributed by atoms with Crippen LogP contribution in [0.5, 0.6) is 17.2 Å². The molecule has 1 atom stereocenters. The zero-order valence-electron chi connectivity index (χ0n) is 22.0. The molecule has 0 spiro atoms. The molecule has 0 saturated heterocycles. The van der Waals surface area contributed by atoms with E-state index in [2.05, 4.69) is 23.2 Å². The fourth-order valence-electron chi connectivity index (χ4n) is 5.00. The monoisotopic (exact) mass is 565 g/mol. The Balaban J connectivity index is 1.32. The van der Waals surface area contributed by atoms with Gasteiger partial charge in [0.1, 0.15) is 5.75 Å². The highest BCUT2D eigenvalue weighted by atomic mass is 35.5. The maximum absolute atomic E-state index is 12.7. The summed E-state index contributed by atoms with van der Waals surface area (Å²) in [6, 6.07) is 14.1. The van der Waals surface area contributed by atoms with E-state index >= 15 is 0 Å². The Kier molecular flexibility index (Phi) is 7.73. The zero-order valence-corrected chi connectivity index (χ0v) is 23.5. The van der Waals surface area contributed by atoms with E-state index < -0.39 is 0 Å². The lowest BCUT2D eigenvalue weighted by Crippen LogP contribution is -2.31. The van der Waals surface area contributed by atoms with Crippen molar-refractivity contribution in [3.63, 3.8) is 0 Å². The van der Waals surface area contributed by atoms with Crippen molar-refractivity contribution in [3.05, 3.63) is 81.3 Å². The second-order valence-corrected chi connectivity index (χ2v) is 10.5. The molecule has 3 aromatic rings. The van der Waals surface area contributed by atoms with Crippen molar-refractivity contribution in [1.82, 2.24) is 4.90 Å². The minimum atomic E-state index is -0.221. The van der Waals surface area contributed by atoms with E-state index in [0.29, 0.717) is 51.4 Å². The lowest BCUT2D eigenvalue weighted by atomic mass is 10.0. The molecule has 2 aliphatic heterocycles. The number of anilines is 2. The Morgan fingerprint density at radius 3 is 2.41 bits per heavy atom. The van der Waals surface area contributed by atoms with Crippen molar-refractivity contribution in [2.45, 2.75) is 25.8 Å². The lowest BCUT2D eigenvalue weighted by Gasteiger charge is -2.30. The maximum Gasteiger partial charge on any atom is 0.261 e. The van der Waals surface area contributed by atoms with Crippen molar-refractivity contribution in [1.29, 1.82) is 0 Å². The number of fused-ring (bicyclic) bond motifs is 2. The second kappa shape index (κ2) is 11.2. The third-order valence-corrected chi connectivity index (χ3v) is 7.67. The summed E-state index contributed by atoms with van der Waals surface area (Å²) in [5.41, 5.74) is 3.73. The number of amides is 2. The number of imide groups is 1. The molecule has 0 aromatic heterocycles. The van der Waals surface area contributed by atoms with Crippen LogP contribution in [0.2, 0.25) is 10.0 Å². The van der Waals surface area contributed by atoms with Crippen LogP contribution in [-0.2, 0) is 0 Å². The third kappa shape index (κ3) is 5.29. The number of methoxy groups -OCH3 is 1. The molecule has 3 aromatic carbocycles. The standard InChI is InChI=1S/C30H29Cl2N3O4/c1-18(8-6-15-35-29(36)20-9-4-5-10-21(20)30(35)37)33-25-17-26(38-3)28(22-11-7-14-34(2)27(22)25)39-19-12-13-23(31)24(32)16-19/h4-5,7,9-13,16-18,33H,6,8,14-15H2,1-3H3. The maximum atomic E-state index is 12.7. The van der Waals surface area contributed by atoms with Crippen LogP contribution in [0, 0.1) is 0 Å². The summed E-state index contributed by atoms with van der Waals surface area (Å²) in [6.07, 6.45) is 5.53. The SMILES string of the molecule is COc1cc(NC(C)CCCN2C(=O)c3ccccc3C2=O)c2c(c1Oc1ccc(Cl)c(Cl)c1)C=CCN2C. The van der Waals surface area contributed by atoms with Gasteiger partial charge in [-0.05, 0) is 44.0 Å². The summed E-state index contributed by atoms with van der Waals surface area (Å²) in [4.78, 5) is 28.8. The first-order valence-corrected chi connectivity index (χ1v) is 13.5. The number of benzene rings is 3. The van der Waals surface area contributed by atoms with E-state index in [-0.39, 0.29) is 17.9 Å². The minimum Gasteiger partial charge on any atom is -0.493 e. The summed E-state index contributed by atoms with van der Waals surface area (Å²) in [6.45, 7) is 3.20. The van der Waals surface area contributed by atoms with Crippen LogP contribution in [-0.4, -0.2) is 50.0 Å². The molecule has 2 amide bonds. The van der Waals surface area contributed by atoms with Crippen LogP contribution >= 0.6 is 23.2 Å². The molecular weight excluding hydrogens is 537 g/mol. The molecule has 1 unspecified atom stereocenters. The number of halogens is 2. The van der Waals surface area contributed by atoms with Crippen LogP contribution in [0.3, 0.4) is 0 Å². The Morgan fingerprint density at radius 1 is 1.03 bits per heavy atom. The summed E-state index contributed by atoms with van der Waals surface area (Å²) >= 11 is 12.3. The van der Waals surface area contributed by atoms with E-state index in [9.17, 15) is 9.59 Å². The van der Waals surface area contributed by atoms with Crippen LogP contribution in [0.25, 0.3) is 6.08 Å². The topological polar surface area (TPSA) is 71.1 Å². The van der Waals surface area contributed by atoms with Gasteiger partial charge in [-0.1, -0.05) is 47.5 Å². The van der Waals surface area contributed by atoms with Crippen molar-refractivity contribution in [2.75, 3.05) is 37.5 Å². The molecule has 0 fully saturated rings.